The second-order valence-electron chi connectivity index (χ2n) is 7.54. The third-order valence-electron chi connectivity index (χ3n) is 5.10. The number of guanidine groups is 1. The van der Waals surface area contributed by atoms with Crippen LogP contribution in [-0.2, 0) is 13.0 Å². The van der Waals surface area contributed by atoms with Crippen molar-refractivity contribution in [2.45, 2.75) is 46.2 Å². The Morgan fingerprint density at radius 2 is 1.78 bits per heavy atom. The van der Waals surface area contributed by atoms with Crippen LogP contribution >= 0.6 is 0 Å². The molecule has 1 atom stereocenters. The Bertz CT molecular complexity index is 899. The molecule has 7 nitrogen and oxygen atoms in total. The van der Waals surface area contributed by atoms with E-state index in [9.17, 15) is 4.79 Å². The van der Waals surface area contributed by atoms with E-state index in [1.165, 1.54) is 0 Å². The number of ether oxygens (including phenoxy) is 2. The summed E-state index contributed by atoms with van der Waals surface area (Å²) in [5.41, 5.74) is 2.79. The molecule has 0 bridgehead atoms. The third kappa shape index (κ3) is 7.80. The molecule has 32 heavy (non-hydrogen) atoms. The fourth-order valence-corrected chi connectivity index (χ4v) is 3.09. The normalized spacial score (nSPS) is 12.1. The highest BCUT2D eigenvalue weighted by Crippen LogP contribution is 2.27. The molecule has 0 radical (unpaired) electrons. The second-order valence-corrected chi connectivity index (χ2v) is 7.54. The summed E-state index contributed by atoms with van der Waals surface area (Å²) < 4.78 is 10.7. The van der Waals surface area contributed by atoms with Crippen LogP contribution in [0.5, 0.6) is 11.5 Å². The minimum absolute atomic E-state index is 0.0508. The van der Waals surface area contributed by atoms with Gasteiger partial charge in [-0.15, -0.1) is 0 Å². The number of carbonyl (C=O) groups excluding carboxylic acids is 1. The summed E-state index contributed by atoms with van der Waals surface area (Å²) >= 11 is 0. The van der Waals surface area contributed by atoms with E-state index in [0.717, 1.165) is 54.5 Å². The van der Waals surface area contributed by atoms with Crippen LogP contribution in [0, 0.1) is 0 Å². The lowest BCUT2D eigenvalue weighted by Gasteiger charge is -2.13. The number of carbonyl (C=O) groups is 1. The SMILES string of the molecule is CCNC(=NCc1cccc(C(=O)NC(C)CC)c1)NCCc1ccc(OC)c(OC)c1. The Balaban J connectivity index is 1.97. The Morgan fingerprint density at radius 3 is 2.47 bits per heavy atom. The number of rotatable bonds is 11. The maximum absolute atomic E-state index is 12.4. The van der Waals surface area contributed by atoms with Crippen LogP contribution in [0.4, 0.5) is 0 Å². The molecule has 2 rings (SSSR count). The van der Waals surface area contributed by atoms with E-state index >= 15 is 0 Å². The predicted octanol–water partition coefficient (Wildman–Crippen LogP) is 3.53. The molecule has 0 spiro atoms. The number of hydrogen-bond donors (Lipinski definition) is 3. The summed E-state index contributed by atoms with van der Waals surface area (Å²) in [7, 11) is 3.27. The highest BCUT2D eigenvalue weighted by molar-refractivity contribution is 5.94. The van der Waals surface area contributed by atoms with E-state index in [0.29, 0.717) is 12.1 Å². The first-order chi connectivity index (χ1) is 15.5. The monoisotopic (exact) mass is 440 g/mol. The van der Waals surface area contributed by atoms with Gasteiger partial charge in [0.15, 0.2) is 17.5 Å². The van der Waals surface area contributed by atoms with Crippen molar-refractivity contribution in [1.82, 2.24) is 16.0 Å². The molecule has 1 unspecified atom stereocenters. The van der Waals surface area contributed by atoms with Gasteiger partial charge in [-0.1, -0.05) is 25.1 Å². The topological polar surface area (TPSA) is 84.0 Å². The van der Waals surface area contributed by atoms with Gasteiger partial charge in [-0.05, 0) is 62.1 Å². The molecular formula is C25H36N4O3. The lowest BCUT2D eigenvalue weighted by molar-refractivity contribution is 0.0939. The molecule has 174 valence electrons. The molecule has 2 aromatic carbocycles. The van der Waals surface area contributed by atoms with Crippen molar-refractivity contribution in [2.24, 2.45) is 4.99 Å². The number of hydrogen-bond acceptors (Lipinski definition) is 4. The molecule has 0 aliphatic rings. The number of aliphatic imine (C=N–C) groups is 1. The number of nitrogens with zero attached hydrogens (tertiary/aromatic N) is 1. The van der Waals surface area contributed by atoms with E-state index in [1.807, 2.05) is 56.3 Å². The van der Waals surface area contributed by atoms with Gasteiger partial charge < -0.3 is 25.4 Å². The smallest absolute Gasteiger partial charge is 0.251 e. The standard InChI is InChI=1S/C25H36N4O3/c1-6-18(3)29-24(30)21-10-8-9-20(15-21)17-28-25(26-7-2)27-14-13-19-11-12-22(31-4)23(16-19)32-5/h8-12,15-16,18H,6-7,13-14,17H2,1-5H3,(H,29,30)(H2,26,27,28). The van der Waals surface area contributed by atoms with Gasteiger partial charge in [-0.2, -0.15) is 0 Å². The minimum atomic E-state index is -0.0508. The molecule has 0 aliphatic heterocycles. The van der Waals surface area contributed by atoms with Crippen LogP contribution in [-0.4, -0.2) is 45.2 Å². The van der Waals surface area contributed by atoms with Crippen molar-refractivity contribution >= 4 is 11.9 Å². The largest absolute Gasteiger partial charge is 0.493 e. The minimum Gasteiger partial charge on any atom is -0.493 e. The van der Waals surface area contributed by atoms with Crippen molar-refractivity contribution in [1.29, 1.82) is 0 Å². The summed E-state index contributed by atoms with van der Waals surface area (Å²) in [6.07, 6.45) is 1.72. The zero-order chi connectivity index (χ0) is 23.3. The van der Waals surface area contributed by atoms with E-state index in [2.05, 4.69) is 27.9 Å². The lowest BCUT2D eigenvalue weighted by Crippen LogP contribution is -2.38. The molecule has 0 aliphatic carbocycles. The van der Waals surface area contributed by atoms with Gasteiger partial charge in [0.25, 0.3) is 5.91 Å². The van der Waals surface area contributed by atoms with Gasteiger partial charge in [-0.25, -0.2) is 4.99 Å². The number of nitrogens with one attached hydrogen (secondary N) is 3. The molecule has 7 heteroatoms. The van der Waals surface area contributed by atoms with Gasteiger partial charge in [0.2, 0.25) is 0 Å². The van der Waals surface area contributed by atoms with Crippen molar-refractivity contribution in [2.75, 3.05) is 27.3 Å². The van der Waals surface area contributed by atoms with Gasteiger partial charge in [-0.3, -0.25) is 4.79 Å². The van der Waals surface area contributed by atoms with Gasteiger partial charge in [0.1, 0.15) is 0 Å². The van der Waals surface area contributed by atoms with Crippen LogP contribution in [0.3, 0.4) is 0 Å². The average molecular weight is 441 g/mol. The van der Waals surface area contributed by atoms with Crippen LogP contribution in [0.2, 0.25) is 0 Å². The summed E-state index contributed by atoms with van der Waals surface area (Å²) in [5, 5.41) is 9.63. The lowest BCUT2D eigenvalue weighted by atomic mass is 10.1. The molecule has 0 aromatic heterocycles. The summed E-state index contributed by atoms with van der Waals surface area (Å²) in [6, 6.07) is 13.7. The van der Waals surface area contributed by atoms with E-state index in [1.54, 1.807) is 14.2 Å². The maximum atomic E-state index is 12.4. The Morgan fingerprint density at radius 1 is 1.00 bits per heavy atom. The first kappa shape index (κ1) is 25.0. The van der Waals surface area contributed by atoms with Crippen molar-refractivity contribution < 1.29 is 14.3 Å². The van der Waals surface area contributed by atoms with Crippen molar-refractivity contribution in [3.63, 3.8) is 0 Å². The first-order valence-corrected chi connectivity index (χ1v) is 11.1. The first-order valence-electron chi connectivity index (χ1n) is 11.1. The molecule has 2 aromatic rings. The third-order valence-corrected chi connectivity index (χ3v) is 5.10. The Labute approximate surface area is 191 Å². The Hall–Kier alpha value is -3.22. The number of methoxy groups -OCH3 is 2. The molecule has 3 N–H and O–H groups in total. The van der Waals surface area contributed by atoms with Crippen molar-refractivity contribution in [3.05, 3.63) is 59.2 Å². The molecule has 0 fully saturated rings. The van der Waals surface area contributed by atoms with Crippen LogP contribution < -0.4 is 25.4 Å². The van der Waals surface area contributed by atoms with Gasteiger partial charge in [0.05, 0.1) is 20.8 Å². The molecule has 0 heterocycles. The van der Waals surface area contributed by atoms with E-state index in [-0.39, 0.29) is 11.9 Å². The van der Waals surface area contributed by atoms with Crippen molar-refractivity contribution in [3.8, 4) is 11.5 Å². The number of amides is 1. The molecule has 0 saturated carbocycles. The highest BCUT2D eigenvalue weighted by atomic mass is 16.5. The van der Waals surface area contributed by atoms with E-state index < -0.39 is 0 Å². The van der Waals surface area contributed by atoms with Gasteiger partial charge >= 0.3 is 0 Å². The zero-order valence-corrected chi connectivity index (χ0v) is 19.8. The van der Waals surface area contributed by atoms with Crippen LogP contribution in [0.15, 0.2) is 47.5 Å². The summed E-state index contributed by atoms with van der Waals surface area (Å²) in [6.45, 7) is 8.05. The fourth-order valence-electron chi connectivity index (χ4n) is 3.09. The summed E-state index contributed by atoms with van der Waals surface area (Å²) in [4.78, 5) is 17.1. The number of benzene rings is 2. The Kier molecular flexibility index (Phi) is 10.4. The van der Waals surface area contributed by atoms with Crippen LogP contribution in [0.25, 0.3) is 0 Å². The van der Waals surface area contributed by atoms with E-state index in [4.69, 9.17) is 9.47 Å². The predicted molar refractivity (Wildman–Crippen MR) is 130 cm³/mol. The average Bonchev–Trinajstić information content (AvgIpc) is 2.82. The van der Waals surface area contributed by atoms with Crippen LogP contribution in [0.1, 0.15) is 48.7 Å². The summed E-state index contributed by atoms with van der Waals surface area (Å²) in [5.74, 6) is 2.13. The highest BCUT2D eigenvalue weighted by Gasteiger charge is 2.09. The maximum Gasteiger partial charge on any atom is 0.251 e. The quantitative estimate of drug-likeness (QED) is 0.368. The zero-order valence-electron chi connectivity index (χ0n) is 19.8. The molecule has 1 amide bonds. The molecular weight excluding hydrogens is 404 g/mol. The second kappa shape index (κ2) is 13.2. The van der Waals surface area contributed by atoms with Gasteiger partial charge in [0, 0.05) is 24.7 Å². The molecule has 0 saturated heterocycles. The fraction of sp³-hybridized carbons (Fsp3) is 0.440.